The second kappa shape index (κ2) is 6.14. The summed E-state index contributed by atoms with van der Waals surface area (Å²) in [7, 11) is 0. The van der Waals surface area contributed by atoms with Crippen LogP contribution in [-0.2, 0) is 6.54 Å². The van der Waals surface area contributed by atoms with Crippen molar-refractivity contribution in [2.75, 3.05) is 0 Å². The monoisotopic (exact) mass is 198 g/mol. The summed E-state index contributed by atoms with van der Waals surface area (Å²) >= 11 is 1.80. The Hall–Kier alpha value is -0.370. The zero-order valence-electron chi connectivity index (χ0n) is 8.75. The molecule has 1 nitrogen and oxygen atoms in total. The maximum atomic E-state index is 2.36. The summed E-state index contributed by atoms with van der Waals surface area (Å²) in [4.78, 5) is 0. The lowest BCUT2D eigenvalue weighted by Gasteiger charge is -1.96. The Labute approximate surface area is 85.4 Å². The minimum Gasteiger partial charge on any atom is -0.193 e. The zero-order chi connectivity index (χ0) is 9.52. The van der Waals surface area contributed by atoms with Gasteiger partial charge >= 0.3 is 0 Å². The molecule has 0 N–H and O–H groups in total. The molecule has 1 aromatic rings. The molecule has 1 heterocycles. The SMILES string of the molecule is CCCCCCC[n+]1cscc1C. The smallest absolute Gasteiger partial charge is 0.193 e. The van der Waals surface area contributed by atoms with Crippen LogP contribution in [0.5, 0.6) is 0 Å². The molecule has 0 saturated heterocycles. The molecule has 74 valence electrons. The third kappa shape index (κ3) is 3.90. The van der Waals surface area contributed by atoms with E-state index in [4.69, 9.17) is 0 Å². The first-order chi connectivity index (χ1) is 6.34. The average molecular weight is 198 g/mol. The van der Waals surface area contributed by atoms with E-state index in [1.165, 1.54) is 44.3 Å². The fraction of sp³-hybridized carbons (Fsp3) is 0.727. The van der Waals surface area contributed by atoms with Crippen molar-refractivity contribution >= 4 is 11.3 Å². The van der Waals surface area contributed by atoms with Crippen LogP contribution in [0.25, 0.3) is 0 Å². The molecule has 1 rings (SSSR count). The Morgan fingerprint density at radius 3 is 2.62 bits per heavy atom. The van der Waals surface area contributed by atoms with E-state index >= 15 is 0 Å². The molecule has 2 heteroatoms. The van der Waals surface area contributed by atoms with Crippen LogP contribution < -0.4 is 4.57 Å². The summed E-state index contributed by atoms with van der Waals surface area (Å²) in [6.07, 6.45) is 6.86. The van der Waals surface area contributed by atoms with Crippen molar-refractivity contribution < 1.29 is 4.57 Å². The van der Waals surface area contributed by atoms with E-state index in [1.54, 1.807) is 11.3 Å². The van der Waals surface area contributed by atoms with Crippen LogP contribution in [0.3, 0.4) is 0 Å². The van der Waals surface area contributed by atoms with Gasteiger partial charge in [-0.1, -0.05) is 37.5 Å². The van der Waals surface area contributed by atoms with Crippen LogP contribution in [0, 0.1) is 6.92 Å². The highest BCUT2D eigenvalue weighted by Gasteiger charge is 2.04. The van der Waals surface area contributed by atoms with Crippen LogP contribution in [0.4, 0.5) is 0 Å². The van der Waals surface area contributed by atoms with Gasteiger partial charge in [0.25, 0.3) is 0 Å². The fourth-order valence-electron chi connectivity index (χ4n) is 1.47. The number of thiazole rings is 1. The van der Waals surface area contributed by atoms with Gasteiger partial charge in [0.05, 0.1) is 5.38 Å². The van der Waals surface area contributed by atoms with E-state index in [2.05, 4.69) is 29.3 Å². The quantitative estimate of drug-likeness (QED) is 0.488. The largest absolute Gasteiger partial charge is 0.224 e. The van der Waals surface area contributed by atoms with Crippen molar-refractivity contribution in [3.05, 3.63) is 16.6 Å². The van der Waals surface area contributed by atoms with Gasteiger partial charge in [-0.3, -0.25) is 0 Å². The molecule has 0 amide bonds. The van der Waals surface area contributed by atoms with Crippen LogP contribution in [0.15, 0.2) is 10.9 Å². The predicted molar refractivity (Wildman–Crippen MR) is 58.0 cm³/mol. The van der Waals surface area contributed by atoms with Crippen molar-refractivity contribution in [1.29, 1.82) is 0 Å². The Balaban J connectivity index is 2.10. The molecule has 0 radical (unpaired) electrons. The molecule has 0 unspecified atom stereocenters. The van der Waals surface area contributed by atoms with E-state index in [0.717, 1.165) is 0 Å². The topological polar surface area (TPSA) is 3.88 Å². The Bertz CT molecular complexity index is 230. The molecule has 0 aromatic carbocycles. The number of nitrogens with zero attached hydrogens (tertiary/aromatic N) is 1. The molecular weight excluding hydrogens is 178 g/mol. The lowest BCUT2D eigenvalue weighted by atomic mass is 10.1. The van der Waals surface area contributed by atoms with Crippen LogP contribution in [0.1, 0.15) is 44.7 Å². The molecule has 0 spiro atoms. The third-order valence-corrected chi connectivity index (χ3v) is 3.24. The van der Waals surface area contributed by atoms with E-state index < -0.39 is 0 Å². The molecular formula is C11H20NS+. The summed E-state index contributed by atoms with van der Waals surface area (Å²) in [5, 5.41) is 2.21. The van der Waals surface area contributed by atoms with Crippen molar-refractivity contribution in [3.63, 3.8) is 0 Å². The summed E-state index contributed by atoms with van der Waals surface area (Å²) < 4.78 is 2.36. The summed E-state index contributed by atoms with van der Waals surface area (Å²) in [6, 6.07) is 0. The van der Waals surface area contributed by atoms with Gasteiger partial charge in [0, 0.05) is 13.3 Å². The zero-order valence-corrected chi connectivity index (χ0v) is 9.57. The Morgan fingerprint density at radius 1 is 1.23 bits per heavy atom. The molecule has 0 atom stereocenters. The predicted octanol–water partition coefficient (Wildman–Crippen LogP) is 3.31. The Morgan fingerprint density at radius 2 is 2.00 bits per heavy atom. The number of unbranched alkanes of at least 4 members (excludes halogenated alkanes) is 4. The van der Waals surface area contributed by atoms with Gasteiger partial charge in [-0.2, -0.15) is 4.57 Å². The van der Waals surface area contributed by atoms with Crippen LogP contribution in [0.2, 0.25) is 0 Å². The van der Waals surface area contributed by atoms with Crippen molar-refractivity contribution in [2.45, 2.75) is 52.5 Å². The maximum absolute atomic E-state index is 2.36. The number of hydrogen-bond donors (Lipinski definition) is 0. The van der Waals surface area contributed by atoms with E-state index in [0.29, 0.717) is 0 Å². The normalized spacial score (nSPS) is 10.6. The molecule has 0 fully saturated rings. The minimum absolute atomic E-state index is 1.21. The van der Waals surface area contributed by atoms with Crippen LogP contribution in [-0.4, -0.2) is 0 Å². The average Bonchev–Trinajstić information content (AvgIpc) is 2.52. The molecule has 0 saturated carbocycles. The van der Waals surface area contributed by atoms with Crippen LogP contribution >= 0.6 is 11.3 Å². The Kier molecular flexibility index (Phi) is 5.06. The van der Waals surface area contributed by atoms with Gasteiger partial charge in [-0.15, -0.1) is 0 Å². The van der Waals surface area contributed by atoms with E-state index in [-0.39, 0.29) is 0 Å². The second-order valence-corrected chi connectivity index (χ2v) is 4.33. The van der Waals surface area contributed by atoms with Gasteiger partial charge in [0.2, 0.25) is 5.51 Å². The summed E-state index contributed by atoms with van der Waals surface area (Å²) in [5.74, 6) is 0. The first-order valence-electron chi connectivity index (χ1n) is 5.27. The highest BCUT2D eigenvalue weighted by Crippen LogP contribution is 2.03. The first kappa shape index (κ1) is 10.7. The highest BCUT2D eigenvalue weighted by molar-refractivity contribution is 7.07. The van der Waals surface area contributed by atoms with Crippen molar-refractivity contribution in [1.82, 2.24) is 0 Å². The van der Waals surface area contributed by atoms with Gasteiger partial charge in [-0.25, -0.2) is 0 Å². The fourth-order valence-corrected chi connectivity index (χ4v) is 2.28. The molecule has 0 aliphatic rings. The molecule has 0 bridgehead atoms. The number of hydrogen-bond acceptors (Lipinski definition) is 1. The third-order valence-electron chi connectivity index (χ3n) is 2.38. The summed E-state index contributed by atoms with van der Waals surface area (Å²) in [5.41, 5.74) is 3.62. The lowest BCUT2D eigenvalue weighted by molar-refractivity contribution is -0.698. The molecule has 0 aliphatic carbocycles. The minimum atomic E-state index is 1.21. The standard InChI is InChI=1S/C11H20NS/c1-3-4-5-6-7-8-12-10-13-9-11(12)2/h9-10H,3-8H2,1-2H3/q+1. The van der Waals surface area contributed by atoms with Gasteiger partial charge in [0.15, 0.2) is 5.69 Å². The molecule has 13 heavy (non-hydrogen) atoms. The number of aryl methyl sites for hydroxylation is 2. The molecule has 1 aromatic heterocycles. The number of rotatable bonds is 6. The van der Waals surface area contributed by atoms with Crippen molar-refractivity contribution in [3.8, 4) is 0 Å². The van der Waals surface area contributed by atoms with Gasteiger partial charge in [-0.05, 0) is 6.42 Å². The second-order valence-electron chi connectivity index (χ2n) is 3.61. The lowest BCUT2D eigenvalue weighted by Crippen LogP contribution is -2.33. The van der Waals surface area contributed by atoms with E-state index in [1.807, 2.05) is 0 Å². The van der Waals surface area contributed by atoms with Gasteiger partial charge < -0.3 is 0 Å². The summed E-state index contributed by atoms with van der Waals surface area (Å²) in [6.45, 7) is 5.65. The number of aromatic nitrogens is 1. The first-order valence-corrected chi connectivity index (χ1v) is 6.21. The molecule has 0 aliphatic heterocycles. The van der Waals surface area contributed by atoms with E-state index in [9.17, 15) is 0 Å². The highest BCUT2D eigenvalue weighted by atomic mass is 32.1. The van der Waals surface area contributed by atoms with Crippen molar-refractivity contribution in [2.24, 2.45) is 0 Å². The van der Waals surface area contributed by atoms with Gasteiger partial charge in [0.1, 0.15) is 6.54 Å². The maximum Gasteiger partial charge on any atom is 0.224 e.